The Morgan fingerprint density at radius 2 is 2.10 bits per heavy atom. The Morgan fingerprint density at radius 3 is 2.71 bits per heavy atom. The van der Waals surface area contributed by atoms with Crippen molar-refractivity contribution < 1.29 is 22.7 Å². The van der Waals surface area contributed by atoms with Gasteiger partial charge < -0.3 is 10.1 Å². The fourth-order valence-corrected chi connectivity index (χ4v) is 1.73. The Kier molecular flexibility index (Phi) is 4.64. The molecule has 0 bridgehead atoms. The van der Waals surface area contributed by atoms with Gasteiger partial charge >= 0.3 is 6.61 Å². The predicted octanol–water partition coefficient (Wildman–Crippen LogP) is 3.73. The van der Waals surface area contributed by atoms with Gasteiger partial charge in [0, 0.05) is 18.0 Å². The van der Waals surface area contributed by atoms with E-state index in [1.165, 1.54) is 24.4 Å². The Labute approximate surface area is 122 Å². The van der Waals surface area contributed by atoms with Gasteiger partial charge in [-0.2, -0.15) is 8.78 Å². The molecule has 0 fully saturated rings. The molecule has 1 aromatic carbocycles. The first-order chi connectivity index (χ1) is 9.97. The first-order valence-corrected chi connectivity index (χ1v) is 6.01. The van der Waals surface area contributed by atoms with Gasteiger partial charge in [-0.15, -0.1) is 0 Å². The normalized spacial score (nSPS) is 10.5. The summed E-state index contributed by atoms with van der Waals surface area (Å²) in [5, 5.41) is 2.37. The first kappa shape index (κ1) is 15.1. The van der Waals surface area contributed by atoms with E-state index in [-0.39, 0.29) is 16.4 Å². The summed E-state index contributed by atoms with van der Waals surface area (Å²) in [5.41, 5.74) is 0.173. The molecule has 21 heavy (non-hydrogen) atoms. The lowest BCUT2D eigenvalue weighted by molar-refractivity contribution is -0.0521. The Hall–Kier alpha value is -2.28. The molecule has 4 nitrogen and oxygen atoms in total. The first-order valence-electron chi connectivity index (χ1n) is 5.63. The number of ether oxygens (including phenoxy) is 1. The number of hydrogen-bond acceptors (Lipinski definition) is 3. The van der Waals surface area contributed by atoms with Gasteiger partial charge in [0.15, 0.2) is 11.6 Å². The van der Waals surface area contributed by atoms with E-state index in [4.69, 9.17) is 11.6 Å². The highest BCUT2D eigenvalue weighted by Gasteiger charge is 2.14. The topological polar surface area (TPSA) is 51.2 Å². The summed E-state index contributed by atoms with van der Waals surface area (Å²) in [6.45, 7) is -3.13. The molecule has 0 spiro atoms. The van der Waals surface area contributed by atoms with E-state index in [0.29, 0.717) is 0 Å². The zero-order valence-corrected chi connectivity index (χ0v) is 11.1. The number of pyridine rings is 1. The maximum atomic E-state index is 13.5. The molecule has 1 aromatic heterocycles. The number of alkyl halides is 2. The third-order valence-electron chi connectivity index (χ3n) is 2.41. The van der Waals surface area contributed by atoms with Gasteiger partial charge in [0.2, 0.25) is 0 Å². The van der Waals surface area contributed by atoms with Crippen LogP contribution in [-0.4, -0.2) is 17.5 Å². The van der Waals surface area contributed by atoms with Crippen molar-refractivity contribution >= 4 is 23.2 Å². The van der Waals surface area contributed by atoms with Crippen LogP contribution in [0.4, 0.5) is 18.9 Å². The number of halogens is 4. The van der Waals surface area contributed by atoms with Crippen LogP contribution in [0.25, 0.3) is 0 Å². The van der Waals surface area contributed by atoms with Crippen molar-refractivity contribution in [2.75, 3.05) is 5.32 Å². The van der Waals surface area contributed by atoms with Crippen molar-refractivity contribution in [3.63, 3.8) is 0 Å². The second-order valence-electron chi connectivity index (χ2n) is 3.82. The molecule has 0 atom stereocenters. The summed E-state index contributed by atoms with van der Waals surface area (Å²) in [7, 11) is 0. The molecular formula is C13H8ClF3N2O2. The molecule has 0 saturated carbocycles. The van der Waals surface area contributed by atoms with Gasteiger partial charge in [0.25, 0.3) is 5.91 Å². The summed E-state index contributed by atoms with van der Waals surface area (Å²) >= 11 is 5.75. The quantitative estimate of drug-likeness (QED) is 0.874. The molecular weight excluding hydrogens is 309 g/mol. The molecule has 2 aromatic rings. The SMILES string of the molecule is O=C(Nc1ccc(OC(F)F)c(F)c1)c1cccnc1Cl. The average molecular weight is 317 g/mol. The van der Waals surface area contributed by atoms with Gasteiger partial charge in [-0.05, 0) is 24.3 Å². The second-order valence-corrected chi connectivity index (χ2v) is 4.18. The van der Waals surface area contributed by atoms with E-state index in [1.54, 1.807) is 0 Å². The number of carbonyl (C=O) groups excluding carboxylic acids is 1. The van der Waals surface area contributed by atoms with Crippen LogP contribution in [-0.2, 0) is 0 Å². The van der Waals surface area contributed by atoms with Crippen LogP contribution in [0.3, 0.4) is 0 Å². The third kappa shape index (κ3) is 3.85. The number of rotatable bonds is 4. The molecule has 0 unspecified atom stereocenters. The maximum absolute atomic E-state index is 13.5. The van der Waals surface area contributed by atoms with E-state index in [9.17, 15) is 18.0 Å². The van der Waals surface area contributed by atoms with Crippen molar-refractivity contribution in [3.05, 3.63) is 53.1 Å². The van der Waals surface area contributed by atoms with Gasteiger partial charge in [0.1, 0.15) is 5.15 Å². The van der Waals surface area contributed by atoms with Gasteiger partial charge in [-0.25, -0.2) is 9.37 Å². The van der Waals surface area contributed by atoms with E-state index in [0.717, 1.165) is 12.1 Å². The van der Waals surface area contributed by atoms with Crippen LogP contribution in [0, 0.1) is 5.82 Å². The number of nitrogens with one attached hydrogen (secondary N) is 1. The number of hydrogen-bond donors (Lipinski definition) is 1. The lowest BCUT2D eigenvalue weighted by Crippen LogP contribution is -2.13. The molecule has 0 aliphatic heterocycles. The summed E-state index contributed by atoms with van der Waals surface area (Å²) in [6.07, 6.45) is 1.41. The third-order valence-corrected chi connectivity index (χ3v) is 2.71. The molecule has 2 rings (SSSR count). The number of nitrogens with zero attached hydrogens (tertiary/aromatic N) is 1. The highest BCUT2D eigenvalue weighted by atomic mass is 35.5. The average Bonchev–Trinajstić information content (AvgIpc) is 2.42. The minimum absolute atomic E-state index is 0.00637. The molecule has 0 aliphatic rings. The maximum Gasteiger partial charge on any atom is 0.387 e. The molecule has 0 saturated heterocycles. The minimum atomic E-state index is -3.13. The van der Waals surface area contributed by atoms with Crippen LogP contribution in [0.15, 0.2) is 36.5 Å². The number of aromatic nitrogens is 1. The summed E-state index contributed by atoms with van der Waals surface area (Å²) in [4.78, 5) is 15.6. The van der Waals surface area contributed by atoms with Crippen LogP contribution in [0.2, 0.25) is 5.15 Å². The molecule has 1 N–H and O–H groups in total. The van der Waals surface area contributed by atoms with Crippen molar-refractivity contribution in [2.24, 2.45) is 0 Å². The molecule has 1 amide bonds. The Bertz CT molecular complexity index is 668. The largest absolute Gasteiger partial charge is 0.432 e. The van der Waals surface area contributed by atoms with Crippen molar-refractivity contribution in [3.8, 4) is 5.75 Å². The van der Waals surface area contributed by atoms with Crippen molar-refractivity contribution in [1.82, 2.24) is 4.98 Å². The zero-order valence-electron chi connectivity index (χ0n) is 10.3. The number of carbonyl (C=O) groups is 1. The number of benzene rings is 1. The lowest BCUT2D eigenvalue weighted by atomic mass is 10.2. The smallest absolute Gasteiger partial charge is 0.387 e. The van der Waals surface area contributed by atoms with Crippen LogP contribution >= 0.6 is 11.6 Å². The monoisotopic (exact) mass is 316 g/mol. The van der Waals surface area contributed by atoms with Crippen molar-refractivity contribution in [1.29, 1.82) is 0 Å². The second kappa shape index (κ2) is 6.45. The van der Waals surface area contributed by atoms with Gasteiger partial charge in [0.05, 0.1) is 5.56 Å². The number of amides is 1. The summed E-state index contributed by atoms with van der Waals surface area (Å²) in [5.74, 6) is -2.23. The molecule has 8 heteroatoms. The zero-order chi connectivity index (χ0) is 15.4. The minimum Gasteiger partial charge on any atom is -0.432 e. The molecule has 1 heterocycles. The van der Waals surface area contributed by atoms with Crippen LogP contribution < -0.4 is 10.1 Å². The standard InChI is InChI=1S/C13H8ClF3N2O2/c14-11-8(2-1-5-18-11)12(20)19-7-3-4-10(9(15)6-7)21-13(16)17/h1-6,13H,(H,19,20). The van der Waals surface area contributed by atoms with E-state index >= 15 is 0 Å². The fourth-order valence-electron chi connectivity index (χ4n) is 1.52. The Morgan fingerprint density at radius 1 is 1.33 bits per heavy atom. The van der Waals surface area contributed by atoms with E-state index < -0.39 is 24.1 Å². The van der Waals surface area contributed by atoms with Crippen LogP contribution in [0.5, 0.6) is 5.75 Å². The lowest BCUT2D eigenvalue weighted by Gasteiger charge is -2.09. The van der Waals surface area contributed by atoms with Crippen molar-refractivity contribution in [2.45, 2.75) is 6.61 Å². The fraction of sp³-hybridized carbons (Fsp3) is 0.0769. The highest BCUT2D eigenvalue weighted by Crippen LogP contribution is 2.23. The summed E-state index contributed by atoms with van der Waals surface area (Å²) < 4.78 is 41.4. The van der Waals surface area contributed by atoms with Gasteiger partial charge in [-0.3, -0.25) is 4.79 Å². The predicted molar refractivity (Wildman–Crippen MR) is 70.2 cm³/mol. The van der Waals surface area contributed by atoms with Gasteiger partial charge in [-0.1, -0.05) is 11.6 Å². The Balaban J connectivity index is 2.15. The molecule has 0 aliphatic carbocycles. The summed E-state index contributed by atoms with van der Waals surface area (Å²) in [6, 6.07) is 6.03. The van der Waals surface area contributed by atoms with E-state index in [1.807, 2.05) is 0 Å². The van der Waals surface area contributed by atoms with Crippen LogP contribution in [0.1, 0.15) is 10.4 Å². The van der Waals surface area contributed by atoms with E-state index in [2.05, 4.69) is 15.0 Å². The number of anilines is 1. The molecule has 0 radical (unpaired) electrons. The highest BCUT2D eigenvalue weighted by molar-refractivity contribution is 6.33. The molecule has 110 valence electrons.